The topological polar surface area (TPSA) is 41.6 Å². The Balaban J connectivity index is 0.00000176. The first-order chi connectivity index (χ1) is 13.0. The highest BCUT2D eigenvalue weighted by atomic mass is 16.5. The van der Waals surface area contributed by atoms with Crippen LogP contribution in [0.2, 0.25) is 0 Å². The van der Waals surface area contributed by atoms with Crippen molar-refractivity contribution in [2.24, 2.45) is 0 Å². The summed E-state index contributed by atoms with van der Waals surface area (Å²) in [4.78, 5) is 13.2. The van der Waals surface area contributed by atoms with Crippen LogP contribution in [0.5, 0.6) is 5.75 Å². The van der Waals surface area contributed by atoms with Crippen LogP contribution in [-0.4, -0.2) is 31.6 Å². The maximum atomic E-state index is 11.7. The number of carbonyl (C=O) groups excluding carboxylic acids is 1. The van der Waals surface area contributed by atoms with Gasteiger partial charge in [0.1, 0.15) is 5.75 Å². The van der Waals surface area contributed by atoms with Gasteiger partial charge in [-0.3, -0.25) is 0 Å². The Bertz CT molecular complexity index is 754. The molecule has 4 nitrogen and oxygen atoms in total. The molecule has 1 N–H and O–H groups in total. The van der Waals surface area contributed by atoms with Crippen LogP contribution in [0, 0.1) is 11.8 Å². The highest BCUT2D eigenvalue weighted by Gasteiger charge is 2.10. The first-order valence-corrected chi connectivity index (χ1v) is 9.32. The number of hydrogen-bond donors (Lipinski definition) is 1. The molecule has 0 fully saturated rings. The lowest BCUT2D eigenvalue weighted by molar-refractivity contribution is 0.214. The number of carbonyl (C=O) groups is 1. The summed E-state index contributed by atoms with van der Waals surface area (Å²) in [7, 11) is 3.45. The number of benzene rings is 2. The Kier molecular flexibility index (Phi) is 9.53. The number of nitrogens with zero attached hydrogens (tertiary/aromatic N) is 1. The third-order valence-corrected chi connectivity index (χ3v) is 3.67. The lowest BCUT2D eigenvalue weighted by atomic mass is 10.1. The zero-order valence-corrected chi connectivity index (χ0v) is 17.2. The van der Waals surface area contributed by atoms with Gasteiger partial charge >= 0.3 is 6.03 Å². The maximum absolute atomic E-state index is 11.7. The smallest absolute Gasteiger partial charge is 0.317 e. The van der Waals surface area contributed by atoms with Crippen LogP contribution in [0.4, 0.5) is 4.79 Å². The van der Waals surface area contributed by atoms with E-state index in [1.54, 1.807) is 14.1 Å². The van der Waals surface area contributed by atoms with E-state index < -0.39 is 0 Å². The second kappa shape index (κ2) is 11.6. The molecule has 4 heteroatoms. The van der Waals surface area contributed by atoms with E-state index in [1.165, 1.54) is 4.90 Å². The first kappa shape index (κ1) is 22.1. The highest BCUT2D eigenvalue weighted by molar-refractivity contribution is 5.74. The quantitative estimate of drug-likeness (QED) is 0.787. The van der Waals surface area contributed by atoms with Crippen LogP contribution in [0.15, 0.2) is 48.5 Å². The maximum Gasteiger partial charge on any atom is 0.317 e. The summed E-state index contributed by atoms with van der Waals surface area (Å²) in [6.07, 6.45) is 0. The molecule has 0 heterocycles. The van der Waals surface area contributed by atoms with Crippen LogP contribution < -0.4 is 10.1 Å². The molecule has 0 bridgehead atoms. The molecule has 1 unspecified atom stereocenters. The minimum absolute atomic E-state index is 0.0528. The predicted octanol–water partition coefficient (Wildman–Crippen LogP) is 4.84. The van der Waals surface area contributed by atoms with E-state index in [1.807, 2.05) is 76.2 Å². The summed E-state index contributed by atoms with van der Waals surface area (Å²) in [6, 6.07) is 15.5. The number of hydrogen-bond acceptors (Lipinski definition) is 2. The minimum atomic E-state index is -0.105. The zero-order chi connectivity index (χ0) is 20.2. The first-order valence-electron chi connectivity index (χ1n) is 9.32. The van der Waals surface area contributed by atoms with Crippen molar-refractivity contribution in [1.29, 1.82) is 0 Å². The van der Waals surface area contributed by atoms with E-state index in [0.717, 1.165) is 22.4 Å². The van der Waals surface area contributed by atoms with Crippen LogP contribution in [-0.2, 0) is 0 Å². The summed E-state index contributed by atoms with van der Waals surface area (Å²) in [5, 5.41) is 2.93. The van der Waals surface area contributed by atoms with E-state index in [-0.39, 0.29) is 12.1 Å². The van der Waals surface area contributed by atoms with Gasteiger partial charge in [-0.25, -0.2) is 4.79 Å². The normalized spacial score (nSPS) is 10.4. The van der Waals surface area contributed by atoms with E-state index in [4.69, 9.17) is 4.74 Å². The lowest BCUT2D eigenvalue weighted by Gasteiger charge is -2.18. The van der Waals surface area contributed by atoms with E-state index in [9.17, 15) is 4.79 Å². The van der Waals surface area contributed by atoms with E-state index in [2.05, 4.69) is 17.2 Å². The fraction of sp³-hybridized carbons (Fsp3) is 0.348. The highest BCUT2D eigenvalue weighted by Crippen LogP contribution is 2.14. The van der Waals surface area contributed by atoms with Crippen LogP contribution >= 0.6 is 0 Å². The minimum Gasteiger partial charge on any atom is -0.494 e. The van der Waals surface area contributed by atoms with Crippen molar-refractivity contribution in [3.05, 3.63) is 65.2 Å². The van der Waals surface area contributed by atoms with Crippen molar-refractivity contribution < 1.29 is 9.53 Å². The SMILES string of the molecule is CC.CCOc1ccc(C#Cc2ccc(C(C)NC(=O)N(C)C)cc2)cc1. The molecule has 2 aromatic carbocycles. The van der Waals surface area contributed by atoms with Crippen molar-refractivity contribution >= 4 is 6.03 Å². The van der Waals surface area contributed by atoms with Gasteiger partial charge in [0, 0.05) is 25.2 Å². The number of ether oxygens (including phenoxy) is 1. The van der Waals surface area contributed by atoms with Crippen molar-refractivity contribution in [3.8, 4) is 17.6 Å². The number of amides is 2. The molecule has 2 amide bonds. The molecule has 0 aliphatic rings. The third kappa shape index (κ3) is 7.45. The third-order valence-electron chi connectivity index (χ3n) is 3.67. The van der Waals surface area contributed by atoms with Crippen molar-refractivity contribution in [2.45, 2.75) is 33.7 Å². The fourth-order valence-electron chi connectivity index (χ4n) is 2.20. The molecular formula is C23H30N2O2. The van der Waals surface area contributed by atoms with Crippen molar-refractivity contribution in [2.75, 3.05) is 20.7 Å². The van der Waals surface area contributed by atoms with Crippen molar-refractivity contribution in [3.63, 3.8) is 0 Å². The molecule has 2 rings (SSSR count). The van der Waals surface area contributed by atoms with Gasteiger partial charge in [-0.05, 0) is 55.8 Å². The summed E-state index contributed by atoms with van der Waals surface area (Å²) in [5.74, 6) is 7.15. The number of nitrogens with one attached hydrogen (secondary N) is 1. The lowest BCUT2D eigenvalue weighted by Crippen LogP contribution is -2.36. The molecule has 27 heavy (non-hydrogen) atoms. The number of urea groups is 1. The molecule has 0 radical (unpaired) electrons. The summed E-state index contributed by atoms with van der Waals surface area (Å²) >= 11 is 0. The molecule has 0 aromatic heterocycles. The Morgan fingerprint density at radius 2 is 1.48 bits per heavy atom. The molecule has 144 valence electrons. The van der Waals surface area contributed by atoms with Gasteiger partial charge in [-0.1, -0.05) is 37.8 Å². The zero-order valence-electron chi connectivity index (χ0n) is 17.2. The predicted molar refractivity (Wildman–Crippen MR) is 112 cm³/mol. The second-order valence-electron chi connectivity index (χ2n) is 5.90. The molecule has 2 aromatic rings. The Labute approximate surface area is 163 Å². The van der Waals surface area contributed by atoms with Gasteiger partial charge in [0.05, 0.1) is 12.6 Å². The number of rotatable bonds is 4. The molecule has 0 aliphatic heterocycles. The molecule has 0 saturated carbocycles. The molecular weight excluding hydrogens is 336 g/mol. The van der Waals surface area contributed by atoms with Gasteiger partial charge in [0.25, 0.3) is 0 Å². The van der Waals surface area contributed by atoms with E-state index >= 15 is 0 Å². The summed E-state index contributed by atoms with van der Waals surface area (Å²) < 4.78 is 5.42. The summed E-state index contributed by atoms with van der Waals surface area (Å²) in [5.41, 5.74) is 2.92. The average molecular weight is 367 g/mol. The Morgan fingerprint density at radius 3 is 1.93 bits per heavy atom. The molecule has 0 spiro atoms. The van der Waals surface area contributed by atoms with Crippen LogP contribution in [0.1, 0.15) is 50.4 Å². The Hall–Kier alpha value is -2.93. The van der Waals surface area contributed by atoms with E-state index in [0.29, 0.717) is 6.61 Å². The van der Waals surface area contributed by atoms with Gasteiger partial charge < -0.3 is 15.0 Å². The largest absolute Gasteiger partial charge is 0.494 e. The molecule has 0 saturated heterocycles. The Morgan fingerprint density at radius 1 is 1.00 bits per heavy atom. The average Bonchev–Trinajstić information content (AvgIpc) is 2.69. The summed E-state index contributed by atoms with van der Waals surface area (Å²) in [6.45, 7) is 8.58. The van der Waals surface area contributed by atoms with Crippen molar-refractivity contribution in [1.82, 2.24) is 10.2 Å². The fourth-order valence-corrected chi connectivity index (χ4v) is 2.20. The molecule has 0 aliphatic carbocycles. The monoisotopic (exact) mass is 366 g/mol. The molecule has 1 atom stereocenters. The van der Waals surface area contributed by atoms with Crippen LogP contribution in [0.3, 0.4) is 0 Å². The van der Waals surface area contributed by atoms with Gasteiger partial charge in [0.15, 0.2) is 0 Å². The second-order valence-corrected chi connectivity index (χ2v) is 5.90. The van der Waals surface area contributed by atoms with Gasteiger partial charge in [-0.2, -0.15) is 0 Å². The van der Waals surface area contributed by atoms with Crippen LogP contribution in [0.25, 0.3) is 0 Å². The van der Waals surface area contributed by atoms with Gasteiger partial charge in [0.2, 0.25) is 0 Å². The van der Waals surface area contributed by atoms with Gasteiger partial charge in [-0.15, -0.1) is 0 Å². The standard InChI is InChI=1S/C21H24N2O2.C2H6/c1-5-25-20-14-10-18(11-15-20)7-6-17-8-12-19(13-9-17)16(2)22-21(24)23(3)4;1-2/h8-16H,5H2,1-4H3,(H,22,24);1-2H3.